The number of carbonyl (C=O) groups excluding carboxylic acids is 1. The first-order valence-corrected chi connectivity index (χ1v) is 7.82. The number of anilines is 1. The summed E-state index contributed by atoms with van der Waals surface area (Å²) in [6, 6.07) is 16.3. The van der Waals surface area contributed by atoms with E-state index in [9.17, 15) is 9.90 Å². The van der Waals surface area contributed by atoms with Gasteiger partial charge >= 0.3 is 0 Å². The predicted molar refractivity (Wildman–Crippen MR) is 91.3 cm³/mol. The Morgan fingerprint density at radius 3 is 2.61 bits per heavy atom. The molecule has 1 heterocycles. The van der Waals surface area contributed by atoms with Gasteiger partial charge in [0.15, 0.2) is 5.76 Å². The van der Waals surface area contributed by atoms with Gasteiger partial charge in [-0.25, -0.2) is 0 Å². The zero-order chi connectivity index (χ0) is 16.2. The first-order chi connectivity index (χ1) is 11.2. The lowest BCUT2D eigenvalue weighted by Crippen LogP contribution is -2.20. The zero-order valence-corrected chi connectivity index (χ0v) is 13.1. The standard InChI is InChI=1S/C18H16ClNO3/c19-10-15(21)11-20-14-7-5-12(6-8-14)18(22)17-9-13-3-1-2-4-16(13)23-17/h1-9,15,20-21H,10-11H2. The Balaban J connectivity index is 1.74. The Bertz CT molecular complexity index is 778. The van der Waals surface area contributed by atoms with Gasteiger partial charge < -0.3 is 14.8 Å². The van der Waals surface area contributed by atoms with Gasteiger partial charge in [0.25, 0.3) is 0 Å². The third-order valence-electron chi connectivity index (χ3n) is 3.52. The van der Waals surface area contributed by atoms with Gasteiger partial charge in [-0.3, -0.25) is 4.79 Å². The van der Waals surface area contributed by atoms with E-state index in [0.29, 0.717) is 23.5 Å². The van der Waals surface area contributed by atoms with Gasteiger partial charge in [0, 0.05) is 23.2 Å². The summed E-state index contributed by atoms with van der Waals surface area (Å²) >= 11 is 5.54. The maximum absolute atomic E-state index is 12.5. The molecule has 3 rings (SSSR count). The van der Waals surface area contributed by atoms with Gasteiger partial charge in [-0.2, -0.15) is 0 Å². The number of carbonyl (C=O) groups is 1. The molecule has 1 aromatic heterocycles. The molecule has 0 fully saturated rings. The number of fused-ring (bicyclic) bond motifs is 1. The van der Waals surface area contributed by atoms with E-state index >= 15 is 0 Å². The molecule has 0 amide bonds. The Labute approximate surface area is 138 Å². The molecule has 2 N–H and O–H groups in total. The average Bonchev–Trinajstić information content (AvgIpc) is 3.03. The number of alkyl halides is 1. The van der Waals surface area contributed by atoms with Crippen LogP contribution in [0, 0.1) is 0 Å². The molecular weight excluding hydrogens is 314 g/mol. The molecule has 0 aliphatic rings. The summed E-state index contributed by atoms with van der Waals surface area (Å²) in [6.07, 6.45) is -0.603. The van der Waals surface area contributed by atoms with Gasteiger partial charge in [-0.1, -0.05) is 18.2 Å². The summed E-state index contributed by atoms with van der Waals surface area (Å²) in [5.41, 5.74) is 2.06. The molecular formula is C18H16ClNO3. The molecule has 5 heteroatoms. The Hall–Kier alpha value is -2.30. The lowest BCUT2D eigenvalue weighted by Gasteiger charge is -2.10. The lowest BCUT2D eigenvalue weighted by atomic mass is 10.1. The summed E-state index contributed by atoms with van der Waals surface area (Å²) < 4.78 is 5.60. The molecule has 0 bridgehead atoms. The monoisotopic (exact) mass is 329 g/mol. The number of furan rings is 1. The number of halogens is 1. The van der Waals surface area contributed by atoms with Crippen LogP contribution < -0.4 is 5.32 Å². The van der Waals surface area contributed by atoms with Gasteiger partial charge in [0.2, 0.25) is 5.78 Å². The number of nitrogens with one attached hydrogen (secondary N) is 1. The average molecular weight is 330 g/mol. The summed E-state index contributed by atoms with van der Waals surface area (Å²) in [4.78, 5) is 12.5. The highest BCUT2D eigenvalue weighted by atomic mass is 35.5. The van der Waals surface area contributed by atoms with Crippen molar-refractivity contribution in [3.63, 3.8) is 0 Å². The number of benzene rings is 2. The van der Waals surface area contributed by atoms with Crippen molar-refractivity contribution in [3.8, 4) is 0 Å². The Morgan fingerprint density at radius 2 is 1.91 bits per heavy atom. The van der Waals surface area contributed by atoms with Crippen LogP contribution in [0.4, 0.5) is 5.69 Å². The summed E-state index contributed by atoms with van der Waals surface area (Å²) in [7, 11) is 0. The number of aliphatic hydroxyl groups is 1. The first-order valence-electron chi connectivity index (χ1n) is 7.28. The van der Waals surface area contributed by atoms with Crippen LogP contribution in [0.1, 0.15) is 16.1 Å². The van der Waals surface area contributed by atoms with Crippen LogP contribution in [-0.4, -0.2) is 29.4 Å². The first kappa shape index (κ1) is 15.6. The van der Waals surface area contributed by atoms with E-state index in [-0.39, 0.29) is 11.7 Å². The molecule has 4 nitrogen and oxygen atoms in total. The van der Waals surface area contributed by atoms with E-state index in [1.807, 2.05) is 24.3 Å². The van der Waals surface area contributed by atoms with E-state index < -0.39 is 6.10 Å². The number of hydrogen-bond donors (Lipinski definition) is 2. The molecule has 2 aromatic carbocycles. The maximum Gasteiger partial charge on any atom is 0.228 e. The molecule has 3 aromatic rings. The molecule has 0 saturated heterocycles. The molecule has 0 radical (unpaired) electrons. The third kappa shape index (κ3) is 3.55. The molecule has 0 aliphatic heterocycles. The zero-order valence-electron chi connectivity index (χ0n) is 12.3. The highest BCUT2D eigenvalue weighted by Gasteiger charge is 2.14. The van der Waals surface area contributed by atoms with Crippen molar-refractivity contribution >= 4 is 34.0 Å². The lowest BCUT2D eigenvalue weighted by molar-refractivity contribution is 0.101. The minimum atomic E-state index is -0.603. The fourth-order valence-electron chi connectivity index (χ4n) is 2.27. The van der Waals surface area contributed by atoms with Crippen molar-refractivity contribution in [2.45, 2.75) is 6.10 Å². The number of hydrogen-bond acceptors (Lipinski definition) is 4. The fourth-order valence-corrected chi connectivity index (χ4v) is 2.37. The minimum Gasteiger partial charge on any atom is -0.453 e. The summed E-state index contributed by atoms with van der Waals surface area (Å²) in [6.45, 7) is 0.361. The molecule has 1 atom stereocenters. The largest absolute Gasteiger partial charge is 0.453 e. The van der Waals surface area contributed by atoms with E-state index in [4.69, 9.17) is 16.0 Å². The Kier molecular flexibility index (Phi) is 4.65. The summed E-state index contributed by atoms with van der Waals surface area (Å²) in [5.74, 6) is 0.341. The van der Waals surface area contributed by atoms with Crippen molar-refractivity contribution < 1.29 is 14.3 Å². The van der Waals surface area contributed by atoms with Crippen molar-refractivity contribution in [1.29, 1.82) is 0 Å². The van der Waals surface area contributed by atoms with E-state index in [1.54, 1.807) is 30.3 Å². The molecule has 0 aliphatic carbocycles. The SMILES string of the molecule is O=C(c1ccc(NCC(O)CCl)cc1)c1cc2ccccc2o1. The second-order valence-electron chi connectivity index (χ2n) is 5.24. The third-order valence-corrected chi connectivity index (χ3v) is 3.87. The number of aliphatic hydroxyl groups excluding tert-OH is 1. The van der Waals surface area contributed by atoms with Gasteiger partial charge in [0.1, 0.15) is 5.58 Å². The van der Waals surface area contributed by atoms with Crippen molar-refractivity contribution in [1.82, 2.24) is 0 Å². The van der Waals surface area contributed by atoms with Crippen molar-refractivity contribution in [2.75, 3.05) is 17.7 Å². The molecule has 1 unspecified atom stereocenters. The van der Waals surface area contributed by atoms with Crippen LogP contribution in [0.5, 0.6) is 0 Å². The van der Waals surface area contributed by atoms with E-state index in [1.165, 1.54) is 0 Å². The Morgan fingerprint density at radius 1 is 1.17 bits per heavy atom. The molecule has 0 spiro atoms. The van der Waals surface area contributed by atoms with Gasteiger partial charge in [0.05, 0.1) is 12.0 Å². The molecule has 0 saturated carbocycles. The second-order valence-corrected chi connectivity index (χ2v) is 5.55. The normalized spacial score (nSPS) is 12.3. The van der Waals surface area contributed by atoms with Crippen LogP contribution in [0.3, 0.4) is 0 Å². The topological polar surface area (TPSA) is 62.5 Å². The van der Waals surface area contributed by atoms with Crippen LogP contribution in [0.15, 0.2) is 59.0 Å². The summed E-state index contributed by atoms with van der Waals surface area (Å²) in [5, 5.41) is 13.4. The highest BCUT2D eigenvalue weighted by Crippen LogP contribution is 2.22. The van der Waals surface area contributed by atoms with Crippen LogP contribution in [0.2, 0.25) is 0 Å². The van der Waals surface area contributed by atoms with Crippen molar-refractivity contribution in [3.05, 3.63) is 65.9 Å². The van der Waals surface area contributed by atoms with Crippen molar-refractivity contribution in [2.24, 2.45) is 0 Å². The van der Waals surface area contributed by atoms with E-state index in [2.05, 4.69) is 5.32 Å². The van der Waals surface area contributed by atoms with Crippen LogP contribution in [-0.2, 0) is 0 Å². The second kappa shape index (κ2) is 6.86. The quantitative estimate of drug-likeness (QED) is 0.535. The number of rotatable bonds is 6. The number of ketones is 1. The van der Waals surface area contributed by atoms with Gasteiger partial charge in [-0.05, 0) is 36.4 Å². The van der Waals surface area contributed by atoms with E-state index in [0.717, 1.165) is 11.1 Å². The van der Waals surface area contributed by atoms with Crippen LogP contribution in [0.25, 0.3) is 11.0 Å². The minimum absolute atomic E-state index is 0.159. The molecule has 23 heavy (non-hydrogen) atoms. The van der Waals surface area contributed by atoms with Crippen LogP contribution >= 0.6 is 11.6 Å². The smallest absolute Gasteiger partial charge is 0.228 e. The number of para-hydroxylation sites is 1. The highest BCUT2D eigenvalue weighted by molar-refractivity contribution is 6.18. The van der Waals surface area contributed by atoms with Gasteiger partial charge in [-0.15, -0.1) is 11.6 Å². The molecule has 118 valence electrons. The fraction of sp³-hybridized carbons (Fsp3) is 0.167. The maximum atomic E-state index is 12.5. The predicted octanol–water partition coefficient (Wildman–Crippen LogP) is 3.68.